The van der Waals surface area contributed by atoms with E-state index in [0.717, 1.165) is 27.0 Å². The first-order chi connectivity index (χ1) is 15.1. The van der Waals surface area contributed by atoms with Gasteiger partial charge in [0.05, 0.1) is 39.7 Å². The van der Waals surface area contributed by atoms with Crippen molar-refractivity contribution in [3.05, 3.63) is 76.1 Å². The Bertz CT molecular complexity index is 1240. The second-order valence-corrected chi connectivity index (χ2v) is 8.49. The number of rotatable bonds is 7. The van der Waals surface area contributed by atoms with Crippen molar-refractivity contribution >= 4 is 39.7 Å². The van der Waals surface area contributed by atoms with E-state index in [-0.39, 0.29) is 5.91 Å². The summed E-state index contributed by atoms with van der Waals surface area (Å²) < 4.78 is 11.6. The molecule has 0 radical (unpaired) electrons. The molecule has 2 heterocycles. The van der Waals surface area contributed by atoms with Crippen LogP contribution in [0.25, 0.3) is 21.5 Å². The molecule has 0 aliphatic heterocycles. The third-order valence-electron chi connectivity index (χ3n) is 4.77. The molecule has 0 atom stereocenters. The normalized spacial score (nSPS) is 10.8. The van der Waals surface area contributed by atoms with Crippen LogP contribution in [0, 0.1) is 0 Å². The number of ether oxygens (including phenoxy) is 2. The average molecular weight is 453 g/mol. The fourth-order valence-corrected chi connectivity index (χ4v) is 4.32. The predicted molar refractivity (Wildman–Crippen MR) is 125 cm³/mol. The number of pyridine rings is 1. The van der Waals surface area contributed by atoms with Crippen molar-refractivity contribution in [2.75, 3.05) is 13.7 Å². The zero-order chi connectivity index (χ0) is 21.8. The van der Waals surface area contributed by atoms with Crippen LogP contribution >= 0.6 is 22.9 Å². The van der Waals surface area contributed by atoms with E-state index < -0.39 is 0 Å². The van der Waals surface area contributed by atoms with Crippen LogP contribution in [-0.4, -0.2) is 24.6 Å². The number of methoxy groups -OCH3 is 1. The molecule has 1 N–H and O–H groups in total. The minimum atomic E-state index is -0.171. The molecule has 2 aromatic carbocycles. The third-order valence-corrected chi connectivity index (χ3v) is 6.02. The highest BCUT2D eigenvalue weighted by molar-refractivity contribution is 7.19. The molecule has 7 heteroatoms. The summed E-state index contributed by atoms with van der Waals surface area (Å²) in [6, 6.07) is 18.8. The highest BCUT2D eigenvalue weighted by atomic mass is 35.5. The monoisotopic (exact) mass is 452 g/mol. The molecule has 0 saturated heterocycles. The Morgan fingerprint density at radius 3 is 2.68 bits per heavy atom. The van der Waals surface area contributed by atoms with Crippen LogP contribution < -0.4 is 14.8 Å². The summed E-state index contributed by atoms with van der Waals surface area (Å²) in [5.41, 5.74) is 2.97. The van der Waals surface area contributed by atoms with Gasteiger partial charge in [-0.1, -0.05) is 35.9 Å². The van der Waals surface area contributed by atoms with Crippen LogP contribution in [0.2, 0.25) is 4.34 Å². The molecular weight excluding hydrogens is 432 g/mol. The molecule has 0 unspecified atom stereocenters. The highest BCUT2D eigenvalue weighted by Crippen LogP contribution is 2.32. The Balaban J connectivity index is 1.62. The lowest BCUT2D eigenvalue weighted by Gasteiger charge is -2.12. The smallest absolute Gasteiger partial charge is 0.252 e. The van der Waals surface area contributed by atoms with Crippen molar-refractivity contribution in [1.29, 1.82) is 0 Å². The standard InChI is InChI=1S/C24H21ClN2O3S/c1-3-30-20-9-8-15(12-21(20)29-2)14-26-24(28)17-13-19(22-10-11-23(25)31-22)27-18-7-5-4-6-16(17)18/h4-13H,3,14H2,1-2H3,(H,26,28). The largest absolute Gasteiger partial charge is 0.493 e. The van der Waals surface area contributed by atoms with E-state index in [1.165, 1.54) is 11.3 Å². The number of carbonyl (C=O) groups is 1. The molecule has 31 heavy (non-hydrogen) atoms. The zero-order valence-electron chi connectivity index (χ0n) is 17.1. The lowest BCUT2D eigenvalue weighted by molar-refractivity contribution is 0.0952. The van der Waals surface area contributed by atoms with Gasteiger partial charge in [-0.25, -0.2) is 4.98 Å². The van der Waals surface area contributed by atoms with Gasteiger partial charge in [-0.3, -0.25) is 4.79 Å². The maximum atomic E-state index is 13.1. The van der Waals surface area contributed by atoms with E-state index >= 15 is 0 Å². The summed E-state index contributed by atoms with van der Waals surface area (Å²) in [4.78, 5) is 18.8. The van der Waals surface area contributed by atoms with E-state index in [4.69, 9.17) is 26.1 Å². The van der Waals surface area contributed by atoms with Crippen LogP contribution in [-0.2, 0) is 6.54 Å². The Kier molecular flexibility index (Phi) is 6.39. The number of nitrogens with zero attached hydrogens (tertiary/aromatic N) is 1. The zero-order valence-corrected chi connectivity index (χ0v) is 18.7. The van der Waals surface area contributed by atoms with Crippen molar-refractivity contribution in [2.45, 2.75) is 13.5 Å². The fraction of sp³-hybridized carbons (Fsp3) is 0.167. The molecular formula is C24H21ClN2O3S. The van der Waals surface area contributed by atoms with E-state index in [1.54, 1.807) is 7.11 Å². The summed E-state index contributed by atoms with van der Waals surface area (Å²) in [7, 11) is 1.60. The highest BCUT2D eigenvalue weighted by Gasteiger charge is 2.15. The minimum absolute atomic E-state index is 0.171. The average Bonchev–Trinajstić information content (AvgIpc) is 3.23. The molecule has 1 amide bonds. The van der Waals surface area contributed by atoms with Crippen LogP contribution in [0.1, 0.15) is 22.8 Å². The summed E-state index contributed by atoms with van der Waals surface area (Å²) in [6.07, 6.45) is 0. The number of amides is 1. The number of halogens is 1. The molecule has 0 aliphatic rings. The third kappa shape index (κ3) is 4.65. The first-order valence-corrected chi connectivity index (χ1v) is 11.0. The predicted octanol–water partition coefficient (Wildman–Crippen LogP) is 5.95. The number of hydrogen-bond donors (Lipinski definition) is 1. The Labute approximate surface area is 189 Å². The van der Waals surface area contributed by atoms with Gasteiger partial charge in [0, 0.05) is 11.9 Å². The molecule has 0 bridgehead atoms. The van der Waals surface area contributed by atoms with E-state index in [2.05, 4.69) is 5.32 Å². The van der Waals surface area contributed by atoms with Gasteiger partial charge < -0.3 is 14.8 Å². The van der Waals surface area contributed by atoms with Gasteiger partial charge in [0.1, 0.15) is 0 Å². The number of benzene rings is 2. The molecule has 5 nitrogen and oxygen atoms in total. The summed E-state index contributed by atoms with van der Waals surface area (Å²) in [5, 5.41) is 3.81. The van der Waals surface area contributed by atoms with Gasteiger partial charge in [0.2, 0.25) is 0 Å². The number of nitrogens with one attached hydrogen (secondary N) is 1. The van der Waals surface area contributed by atoms with Gasteiger partial charge in [-0.15, -0.1) is 11.3 Å². The number of carbonyl (C=O) groups excluding carboxylic acids is 1. The van der Waals surface area contributed by atoms with Crippen molar-refractivity contribution in [3.63, 3.8) is 0 Å². The molecule has 4 rings (SSSR count). The summed E-state index contributed by atoms with van der Waals surface area (Å²) in [6.45, 7) is 2.84. The Morgan fingerprint density at radius 2 is 1.94 bits per heavy atom. The van der Waals surface area contributed by atoms with E-state index in [9.17, 15) is 4.79 Å². The fourth-order valence-electron chi connectivity index (χ4n) is 3.32. The first-order valence-electron chi connectivity index (χ1n) is 9.82. The lowest BCUT2D eigenvalue weighted by Crippen LogP contribution is -2.23. The molecule has 0 aliphatic carbocycles. The van der Waals surface area contributed by atoms with Crippen molar-refractivity contribution < 1.29 is 14.3 Å². The molecule has 0 saturated carbocycles. The van der Waals surface area contributed by atoms with Crippen LogP contribution in [0.5, 0.6) is 11.5 Å². The molecule has 0 fully saturated rings. The lowest BCUT2D eigenvalue weighted by atomic mass is 10.1. The van der Waals surface area contributed by atoms with E-state index in [1.807, 2.05) is 67.6 Å². The second kappa shape index (κ2) is 9.37. The van der Waals surface area contributed by atoms with Crippen LogP contribution in [0.15, 0.2) is 60.7 Å². The van der Waals surface area contributed by atoms with Crippen LogP contribution in [0.3, 0.4) is 0 Å². The Morgan fingerprint density at radius 1 is 1.10 bits per heavy atom. The number of thiophene rings is 1. The number of hydrogen-bond acceptors (Lipinski definition) is 5. The molecule has 158 valence electrons. The number of aromatic nitrogens is 1. The van der Waals surface area contributed by atoms with Gasteiger partial charge in [0.25, 0.3) is 5.91 Å². The number of para-hydroxylation sites is 1. The maximum absolute atomic E-state index is 13.1. The van der Waals surface area contributed by atoms with Crippen molar-refractivity contribution in [2.24, 2.45) is 0 Å². The quantitative estimate of drug-likeness (QED) is 0.376. The van der Waals surface area contributed by atoms with Gasteiger partial charge in [-0.2, -0.15) is 0 Å². The van der Waals surface area contributed by atoms with Crippen molar-refractivity contribution in [1.82, 2.24) is 10.3 Å². The SMILES string of the molecule is CCOc1ccc(CNC(=O)c2cc(-c3ccc(Cl)s3)nc3ccccc23)cc1OC. The van der Waals surface area contributed by atoms with Crippen molar-refractivity contribution in [3.8, 4) is 22.1 Å². The van der Waals surface area contributed by atoms with E-state index in [0.29, 0.717) is 34.6 Å². The molecule has 2 aromatic heterocycles. The maximum Gasteiger partial charge on any atom is 0.252 e. The van der Waals surface area contributed by atoms with Gasteiger partial charge in [0.15, 0.2) is 11.5 Å². The van der Waals surface area contributed by atoms with Gasteiger partial charge in [-0.05, 0) is 48.9 Å². The summed E-state index contributed by atoms with van der Waals surface area (Å²) in [5.74, 6) is 1.15. The number of fused-ring (bicyclic) bond motifs is 1. The first kappa shape index (κ1) is 21.2. The second-order valence-electron chi connectivity index (χ2n) is 6.78. The molecule has 4 aromatic rings. The Hall–Kier alpha value is -3.09. The summed E-state index contributed by atoms with van der Waals surface area (Å²) >= 11 is 7.53. The minimum Gasteiger partial charge on any atom is -0.493 e. The van der Waals surface area contributed by atoms with Crippen LogP contribution in [0.4, 0.5) is 0 Å². The van der Waals surface area contributed by atoms with Gasteiger partial charge >= 0.3 is 0 Å². The topological polar surface area (TPSA) is 60.5 Å². The molecule has 0 spiro atoms.